The Balaban J connectivity index is 1.47. The highest BCUT2D eigenvalue weighted by molar-refractivity contribution is 14.1. The topological polar surface area (TPSA) is 137 Å². The number of halogens is 1. The first kappa shape index (κ1) is 24.1. The van der Waals surface area contributed by atoms with Crippen LogP contribution in [0, 0.1) is 12.8 Å². The maximum atomic E-state index is 11.3. The van der Waals surface area contributed by atoms with E-state index in [0.717, 1.165) is 18.5 Å². The summed E-state index contributed by atoms with van der Waals surface area (Å²) in [6, 6.07) is 5.41. The lowest BCUT2D eigenvalue weighted by Crippen LogP contribution is -2.29. The minimum Gasteiger partial charge on any atom is -0.489 e. The third-order valence-corrected chi connectivity index (χ3v) is 6.05. The molecule has 1 aliphatic rings. The van der Waals surface area contributed by atoms with E-state index < -0.39 is 5.97 Å². The lowest BCUT2D eigenvalue weighted by Gasteiger charge is -2.27. The first-order valence-electron chi connectivity index (χ1n) is 11.0. The van der Waals surface area contributed by atoms with Gasteiger partial charge in [-0.2, -0.15) is 4.98 Å². The molecular weight excluding hydrogens is 553 g/mol. The summed E-state index contributed by atoms with van der Waals surface area (Å²) in [7, 11) is 1.82. The minimum absolute atomic E-state index is 0.121. The number of nitrogens with one attached hydrogen (secondary N) is 1. The van der Waals surface area contributed by atoms with Gasteiger partial charge in [0.05, 0.1) is 35.6 Å². The maximum absolute atomic E-state index is 11.3. The largest absolute Gasteiger partial charge is 0.489 e. The van der Waals surface area contributed by atoms with Crippen LogP contribution >= 0.6 is 22.6 Å². The Labute approximate surface area is 210 Å². The molecule has 4 rings (SSSR count). The molecule has 0 unspecified atom stereocenters. The van der Waals surface area contributed by atoms with E-state index in [1.165, 1.54) is 0 Å². The summed E-state index contributed by atoms with van der Waals surface area (Å²) in [5, 5.41) is 21.0. The van der Waals surface area contributed by atoms with E-state index in [1.54, 1.807) is 16.9 Å². The Bertz CT molecular complexity index is 1160. The quantitative estimate of drug-likeness (QED) is 0.287. The van der Waals surface area contributed by atoms with Crippen LogP contribution in [0.1, 0.15) is 37.1 Å². The van der Waals surface area contributed by atoms with Crippen molar-refractivity contribution < 1.29 is 19.4 Å². The summed E-state index contributed by atoms with van der Waals surface area (Å²) < 4.78 is 13.7. The van der Waals surface area contributed by atoms with Gasteiger partial charge in [0.2, 0.25) is 11.8 Å². The van der Waals surface area contributed by atoms with Crippen molar-refractivity contribution in [3.8, 4) is 23.0 Å². The Morgan fingerprint density at radius 1 is 1.29 bits per heavy atom. The number of rotatable bonds is 9. The highest BCUT2D eigenvalue weighted by atomic mass is 127. The van der Waals surface area contributed by atoms with E-state index in [2.05, 4.69) is 48.2 Å². The van der Waals surface area contributed by atoms with Crippen molar-refractivity contribution in [2.24, 2.45) is 13.0 Å². The van der Waals surface area contributed by atoms with Gasteiger partial charge in [0, 0.05) is 19.3 Å². The van der Waals surface area contributed by atoms with Crippen LogP contribution in [0.25, 0.3) is 11.4 Å². The summed E-state index contributed by atoms with van der Waals surface area (Å²) in [4.78, 5) is 24.6. The van der Waals surface area contributed by atoms with Crippen molar-refractivity contribution in [1.82, 2.24) is 29.9 Å². The van der Waals surface area contributed by atoms with Gasteiger partial charge >= 0.3 is 5.97 Å². The fraction of sp³-hybridized carbons (Fsp3) is 0.455. The Morgan fingerprint density at radius 2 is 2.15 bits per heavy atom. The number of nitrogens with zero attached hydrogens (tertiary/aromatic N) is 6. The normalized spacial score (nSPS) is 17.9. The van der Waals surface area contributed by atoms with Crippen molar-refractivity contribution in [3.05, 3.63) is 35.8 Å². The van der Waals surface area contributed by atoms with Crippen LogP contribution in [0.5, 0.6) is 11.6 Å². The number of aryl methyl sites for hydroxylation is 2. The molecule has 0 spiro atoms. The molecule has 0 bridgehead atoms. The predicted octanol–water partition coefficient (Wildman–Crippen LogP) is 3.38. The molecule has 3 aromatic heterocycles. The summed E-state index contributed by atoms with van der Waals surface area (Å²) in [6.45, 7) is 2.27. The van der Waals surface area contributed by atoms with Crippen LogP contribution in [0.4, 0.5) is 5.95 Å². The first-order valence-corrected chi connectivity index (χ1v) is 12.5. The molecule has 3 heterocycles. The fourth-order valence-electron chi connectivity index (χ4n) is 3.96. The number of ether oxygens (including phenoxy) is 2. The SMILES string of the molecule is Cc1nc(-c2nnn(C)c2CNc2nccc(OCI)n2)ccc1O[C@H]1CCC[C@H](C(=O)O)C1. The molecule has 2 atom stereocenters. The lowest BCUT2D eigenvalue weighted by molar-refractivity contribution is -0.143. The Morgan fingerprint density at radius 3 is 2.91 bits per heavy atom. The van der Waals surface area contributed by atoms with Crippen molar-refractivity contribution in [1.29, 1.82) is 0 Å². The van der Waals surface area contributed by atoms with Crippen molar-refractivity contribution >= 4 is 34.5 Å². The van der Waals surface area contributed by atoms with E-state index >= 15 is 0 Å². The van der Waals surface area contributed by atoms with Gasteiger partial charge in [0.1, 0.15) is 16.1 Å². The smallest absolute Gasteiger partial charge is 0.306 e. The second kappa shape index (κ2) is 10.9. The molecule has 1 aliphatic carbocycles. The van der Waals surface area contributed by atoms with Crippen LogP contribution in [0.2, 0.25) is 0 Å². The number of hydrogen-bond donors (Lipinski definition) is 2. The number of pyridine rings is 1. The van der Waals surface area contributed by atoms with Gasteiger partial charge in [0.15, 0.2) is 0 Å². The second-order valence-electron chi connectivity index (χ2n) is 8.06. The van der Waals surface area contributed by atoms with Gasteiger partial charge in [-0.1, -0.05) is 5.21 Å². The molecule has 0 amide bonds. The zero-order valence-corrected chi connectivity index (χ0v) is 21.1. The fourth-order valence-corrected chi connectivity index (χ4v) is 4.28. The van der Waals surface area contributed by atoms with Crippen LogP contribution in [0.3, 0.4) is 0 Å². The van der Waals surface area contributed by atoms with Crippen LogP contribution < -0.4 is 14.8 Å². The number of carbonyl (C=O) groups is 1. The van der Waals surface area contributed by atoms with E-state index in [1.807, 2.05) is 26.1 Å². The molecule has 3 aromatic rings. The summed E-state index contributed by atoms with van der Waals surface area (Å²) >= 11 is 2.11. The number of carboxylic acid groups (broad SMARTS) is 1. The third-order valence-electron chi connectivity index (χ3n) is 5.74. The van der Waals surface area contributed by atoms with Gasteiger partial charge < -0.3 is 19.9 Å². The highest BCUT2D eigenvalue weighted by Gasteiger charge is 2.28. The average molecular weight is 579 g/mol. The zero-order valence-electron chi connectivity index (χ0n) is 18.9. The molecule has 180 valence electrons. The molecular formula is C22H26IN7O4. The third kappa shape index (κ3) is 5.72. The number of anilines is 1. The first-order chi connectivity index (χ1) is 16.4. The maximum Gasteiger partial charge on any atom is 0.306 e. The standard InChI is InChI=1S/C22H26IN7O4/c1-13-18(34-15-5-3-4-14(10-15)21(31)32)7-6-16(26-13)20-17(30(2)29-28-20)11-25-22-24-9-8-19(27-22)33-12-23/h6-9,14-15H,3-5,10-12H2,1-2H3,(H,31,32)(H,24,25,27)/t14-,15-/m0/s1. The van der Waals surface area contributed by atoms with Crippen molar-refractivity contribution in [2.45, 2.75) is 45.3 Å². The van der Waals surface area contributed by atoms with Gasteiger partial charge in [0.25, 0.3) is 0 Å². The number of carboxylic acids is 1. The van der Waals surface area contributed by atoms with E-state index in [4.69, 9.17) is 14.5 Å². The summed E-state index contributed by atoms with van der Waals surface area (Å²) in [5.41, 5.74) is 2.85. The van der Waals surface area contributed by atoms with Crippen LogP contribution in [-0.2, 0) is 18.4 Å². The molecule has 1 saturated carbocycles. The van der Waals surface area contributed by atoms with E-state index in [9.17, 15) is 9.90 Å². The predicted molar refractivity (Wildman–Crippen MR) is 132 cm³/mol. The molecule has 34 heavy (non-hydrogen) atoms. The van der Waals surface area contributed by atoms with Crippen LogP contribution in [0.15, 0.2) is 24.4 Å². The van der Waals surface area contributed by atoms with Gasteiger partial charge in [-0.05, 0) is 67.3 Å². The molecule has 2 N–H and O–H groups in total. The monoisotopic (exact) mass is 579 g/mol. The molecule has 0 saturated heterocycles. The molecule has 12 heteroatoms. The summed E-state index contributed by atoms with van der Waals surface area (Å²) in [5.74, 6) is 0.491. The van der Waals surface area contributed by atoms with Gasteiger partial charge in [-0.15, -0.1) is 5.10 Å². The second-order valence-corrected chi connectivity index (χ2v) is 8.68. The summed E-state index contributed by atoms with van der Waals surface area (Å²) in [6.07, 6.45) is 4.42. The minimum atomic E-state index is -0.753. The molecule has 0 aliphatic heterocycles. The van der Waals surface area contributed by atoms with Crippen molar-refractivity contribution in [3.63, 3.8) is 0 Å². The van der Waals surface area contributed by atoms with E-state index in [0.29, 0.717) is 58.7 Å². The van der Waals surface area contributed by atoms with Crippen molar-refractivity contribution in [2.75, 3.05) is 9.93 Å². The average Bonchev–Trinajstić information content (AvgIpc) is 3.20. The van der Waals surface area contributed by atoms with Crippen LogP contribution in [-0.4, -0.2) is 51.7 Å². The van der Waals surface area contributed by atoms with Gasteiger partial charge in [-0.3, -0.25) is 4.79 Å². The Kier molecular flexibility index (Phi) is 7.75. The molecule has 11 nitrogen and oxygen atoms in total. The Hall–Kier alpha value is -3.03. The number of aliphatic carboxylic acids is 1. The number of aromatic nitrogens is 6. The number of hydrogen-bond acceptors (Lipinski definition) is 9. The number of alkyl halides is 1. The zero-order chi connectivity index (χ0) is 24.1. The van der Waals surface area contributed by atoms with E-state index in [-0.39, 0.29) is 12.0 Å². The highest BCUT2D eigenvalue weighted by Crippen LogP contribution is 2.30. The molecule has 1 fully saturated rings. The van der Waals surface area contributed by atoms with Gasteiger partial charge in [-0.25, -0.2) is 14.6 Å². The molecule has 0 aromatic carbocycles. The molecule has 0 radical (unpaired) electrons. The lowest BCUT2D eigenvalue weighted by atomic mass is 9.87.